The smallest absolute Gasteiger partial charge is 0.345 e. The minimum Gasteiger partial charge on any atom is -0.480 e. The van der Waals surface area contributed by atoms with Crippen molar-refractivity contribution in [2.75, 3.05) is 0 Å². The van der Waals surface area contributed by atoms with Crippen LogP contribution in [0, 0.1) is 0 Å². The molecule has 0 radical (unpaired) electrons. The molecule has 0 fully saturated rings. The number of carboxylic acid groups (broad SMARTS) is 3. The molecule has 1 unspecified atom stereocenters. The van der Waals surface area contributed by atoms with E-state index in [1.165, 1.54) is 5.32 Å². The highest BCUT2D eigenvalue weighted by Crippen LogP contribution is 2.11. The molecule has 0 heterocycles. The number of amides is 1. The zero-order valence-electron chi connectivity index (χ0n) is 10.2. The first-order valence-electron chi connectivity index (χ1n) is 4.99. The first-order valence-corrected chi connectivity index (χ1v) is 6.49. The lowest BCUT2D eigenvalue weighted by Crippen LogP contribution is -2.59. The van der Waals surface area contributed by atoms with Gasteiger partial charge in [0, 0.05) is 0 Å². The van der Waals surface area contributed by atoms with Crippen LogP contribution in [0.3, 0.4) is 0 Å². The van der Waals surface area contributed by atoms with Gasteiger partial charge in [0.15, 0.2) is 5.25 Å². The van der Waals surface area contributed by atoms with E-state index in [1.54, 1.807) is 0 Å². The molecule has 0 saturated heterocycles. The topological polar surface area (TPSA) is 195 Å². The van der Waals surface area contributed by atoms with E-state index in [4.69, 9.17) is 19.9 Å². The van der Waals surface area contributed by atoms with Crippen LogP contribution in [0.2, 0.25) is 0 Å². The second kappa shape index (κ2) is 6.32. The first kappa shape index (κ1) is 18.5. The van der Waals surface area contributed by atoms with Crippen LogP contribution in [0.1, 0.15) is 6.42 Å². The predicted molar refractivity (Wildman–Crippen MR) is 63.9 cm³/mol. The number of carbonyl (C=O) groups is 4. The van der Waals surface area contributed by atoms with Gasteiger partial charge in [0.1, 0.15) is 0 Å². The third-order valence-electron chi connectivity index (χ3n) is 2.32. The van der Waals surface area contributed by atoms with Crippen molar-refractivity contribution in [1.82, 2.24) is 5.32 Å². The molecule has 0 aromatic carbocycles. The van der Waals surface area contributed by atoms with Gasteiger partial charge in [-0.15, -0.1) is 0 Å². The average molecular weight is 325 g/mol. The van der Waals surface area contributed by atoms with E-state index in [1.807, 2.05) is 0 Å². The molecular weight excluding hydrogens is 314 g/mol. The van der Waals surface area contributed by atoms with E-state index in [2.05, 4.69) is 6.58 Å². The van der Waals surface area contributed by atoms with E-state index >= 15 is 0 Å². The summed E-state index contributed by atoms with van der Waals surface area (Å²) in [6.45, 7) is 2.93. The van der Waals surface area contributed by atoms with E-state index < -0.39 is 51.1 Å². The lowest BCUT2D eigenvalue weighted by Gasteiger charge is -2.22. The van der Waals surface area contributed by atoms with Crippen LogP contribution in [0.25, 0.3) is 0 Å². The molecule has 0 saturated carbocycles. The number of rotatable bonds is 8. The van der Waals surface area contributed by atoms with Crippen molar-refractivity contribution in [2.24, 2.45) is 0 Å². The number of carboxylic acids is 3. The summed E-state index contributed by atoms with van der Waals surface area (Å²) >= 11 is 0. The van der Waals surface area contributed by atoms with Crippen molar-refractivity contribution in [3.05, 3.63) is 12.7 Å². The van der Waals surface area contributed by atoms with Crippen LogP contribution in [-0.4, -0.2) is 62.9 Å². The van der Waals surface area contributed by atoms with Gasteiger partial charge < -0.3 is 20.6 Å². The van der Waals surface area contributed by atoms with Gasteiger partial charge in [-0.3, -0.25) is 14.1 Å². The van der Waals surface area contributed by atoms with Crippen LogP contribution >= 0.6 is 0 Å². The van der Waals surface area contributed by atoms with Crippen LogP contribution in [0.5, 0.6) is 0 Å². The fraction of sp³-hybridized carbons (Fsp3) is 0.333. The molecule has 1 amide bonds. The molecular formula is C9H11NO10S. The summed E-state index contributed by atoms with van der Waals surface area (Å²) in [6, 6.07) is 0. The summed E-state index contributed by atoms with van der Waals surface area (Å²) in [4.78, 5) is 43.9. The standard InChI is InChI=1S/C9H11NO10S/c1-2-9(7(14)15,8(16)17)10-5(11)3-4(6(12)13)21(18,19)20/h2,4H,1,3H2,(H,10,11)(H,12,13)(H,14,15)(H,16,17)(H,18,19,20). The molecule has 1 atom stereocenters. The van der Waals surface area contributed by atoms with Gasteiger partial charge in [0.25, 0.3) is 15.7 Å². The highest BCUT2D eigenvalue weighted by atomic mass is 32.2. The van der Waals surface area contributed by atoms with Crippen molar-refractivity contribution >= 4 is 33.9 Å². The minimum atomic E-state index is -5.14. The predicted octanol–water partition coefficient (Wildman–Crippen LogP) is -2.07. The monoisotopic (exact) mass is 325 g/mol. The third-order valence-corrected chi connectivity index (χ3v) is 3.41. The van der Waals surface area contributed by atoms with Crippen molar-refractivity contribution in [3.63, 3.8) is 0 Å². The first-order chi connectivity index (χ1) is 9.38. The lowest BCUT2D eigenvalue weighted by atomic mass is 10.00. The average Bonchev–Trinajstić information content (AvgIpc) is 2.30. The van der Waals surface area contributed by atoms with Gasteiger partial charge >= 0.3 is 17.9 Å². The molecule has 0 aliphatic rings. The maximum atomic E-state index is 11.5. The Morgan fingerprint density at radius 1 is 1.14 bits per heavy atom. The van der Waals surface area contributed by atoms with Gasteiger partial charge in [-0.1, -0.05) is 6.58 Å². The van der Waals surface area contributed by atoms with Gasteiger partial charge in [-0.2, -0.15) is 8.42 Å². The molecule has 0 spiro atoms. The maximum Gasteiger partial charge on any atom is 0.345 e. The summed E-state index contributed by atoms with van der Waals surface area (Å²) in [5, 5.41) is 25.0. The van der Waals surface area contributed by atoms with Gasteiger partial charge in [-0.25, -0.2) is 9.59 Å². The molecule has 0 aromatic heterocycles. The molecule has 0 rings (SSSR count). The lowest BCUT2D eigenvalue weighted by molar-refractivity contribution is -0.158. The molecule has 0 aromatic rings. The van der Waals surface area contributed by atoms with E-state index in [0.717, 1.165) is 0 Å². The summed E-state index contributed by atoms with van der Waals surface area (Å²) < 4.78 is 30.1. The molecule has 5 N–H and O–H groups in total. The molecule has 0 aliphatic heterocycles. The summed E-state index contributed by atoms with van der Waals surface area (Å²) in [7, 11) is -5.14. The third kappa shape index (κ3) is 4.25. The van der Waals surface area contributed by atoms with Crippen LogP contribution in [0.4, 0.5) is 0 Å². The van der Waals surface area contributed by atoms with Crippen molar-refractivity contribution < 1.29 is 47.5 Å². The van der Waals surface area contributed by atoms with Gasteiger partial charge in [-0.05, 0) is 6.08 Å². The molecule has 0 aliphatic carbocycles. The Kier molecular flexibility index (Phi) is 5.58. The minimum absolute atomic E-state index is 0.360. The molecule has 118 valence electrons. The largest absolute Gasteiger partial charge is 0.480 e. The van der Waals surface area contributed by atoms with Crippen molar-refractivity contribution in [3.8, 4) is 0 Å². The quantitative estimate of drug-likeness (QED) is 0.188. The number of hydrogen-bond acceptors (Lipinski definition) is 6. The zero-order chi connectivity index (χ0) is 17.0. The molecule has 11 nitrogen and oxygen atoms in total. The summed E-state index contributed by atoms with van der Waals surface area (Å²) in [5.74, 6) is -7.67. The van der Waals surface area contributed by atoms with Crippen molar-refractivity contribution in [2.45, 2.75) is 17.2 Å². The van der Waals surface area contributed by atoms with Crippen LogP contribution in [-0.2, 0) is 29.3 Å². The molecule has 12 heteroatoms. The van der Waals surface area contributed by atoms with Gasteiger partial charge in [0.2, 0.25) is 5.91 Å². The fourth-order valence-corrected chi connectivity index (χ4v) is 1.80. The SMILES string of the molecule is C=CC(NC(=O)CC(C(=O)O)S(=O)(=O)O)(C(=O)O)C(=O)O. The Morgan fingerprint density at radius 2 is 1.57 bits per heavy atom. The molecule has 0 bridgehead atoms. The fourth-order valence-electron chi connectivity index (χ4n) is 1.18. The Labute approximate surface area is 117 Å². The molecule has 21 heavy (non-hydrogen) atoms. The van der Waals surface area contributed by atoms with Crippen LogP contribution < -0.4 is 5.32 Å². The number of nitrogens with one attached hydrogen (secondary N) is 1. The second-order valence-corrected chi connectivity index (χ2v) is 5.32. The number of hydrogen-bond donors (Lipinski definition) is 5. The summed E-state index contributed by atoms with van der Waals surface area (Å²) in [6.07, 6.45) is -1.02. The number of aliphatic carboxylic acids is 3. The van der Waals surface area contributed by atoms with E-state index in [9.17, 15) is 27.6 Å². The Bertz CT molecular complexity index is 578. The van der Waals surface area contributed by atoms with Crippen molar-refractivity contribution in [1.29, 1.82) is 0 Å². The highest BCUT2D eigenvalue weighted by molar-refractivity contribution is 7.87. The zero-order valence-corrected chi connectivity index (χ0v) is 11.0. The van der Waals surface area contributed by atoms with Crippen LogP contribution in [0.15, 0.2) is 12.7 Å². The Morgan fingerprint density at radius 3 is 1.81 bits per heavy atom. The Hall–Kier alpha value is -2.47. The normalized spacial score (nSPS) is 13.0. The van der Waals surface area contributed by atoms with E-state index in [-0.39, 0.29) is 0 Å². The van der Waals surface area contributed by atoms with Gasteiger partial charge in [0.05, 0.1) is 6.42 Å². The number of carbonyl (C=O) groups excluding carboxylic acids is 1. The Balaban J connectivity index is 5.38. The van der Waals surface area contributed by atoms with E-state index in [0.29, 0.717) is 6.08 Å². The highest BCUT2D eigenvalue weighted by Gasteiger charge is 2.46. The summed E-state index contributed by atoms with van der Waals surface area (Å²) in [5.41, 5.74) is -2.96. The maximum absolute atomic E-state index is 11.5. The second-order valence-electron chi connectivity index (χ2n) is 3.72.